The van der Waals surface area contributed by atoms with Crippen LogP contribution < -0.4 is 0 Å². The molecule has 0 atom stereocenters. The minimum absolute atomic E-state index is 0.120. The van der Waals surface area contributed by atoms with Gasteiger partial charge in [-0.05, 0) is 30.2 Å². The number of carbonyl (C=O) groups excluding carboxylic acids is 2. The highest BCUT2D eigenvalue weighted by atomic mass is 16.5. The third-order valence-electron chi connectivity index (χ3n) is 4.29. The molecule has 0 radical (unpaired) electrons. The molecule has 0 aliphatic heterocycles. The Bertz CT molecular complexity index is 933. The van der Waals surface area contributed by atoms with Crippen LogP contribution in [0.5, 0.6) is 0 Å². The molecular formula is C20H21N3O5. The summed E-state index contributed by atoms with van der Waals surface area (Å²) in [7, 11) is 1.30. The first-order valence-electron chi connectivity index (χ1n) is 8.82. The van der Waals surface area contributed by atoms with Gasteiger partial charge in [-0.1, -0.05) is 29.4 Å². The predicted octanol–water partition coefficient (Wildman–Crippen LogP) is 2.77. The summed E-state index contributed by atoms with van der Waals surface area (Å²) >= 11 is 0. The molecule has 8 heteroatoms. The Labute approximate surface area is 162 Å². The zero-order chi connectivity index (χ0) is 19.9. The van der Waals surface area contributed by atoms with Gasteiger partial charge in [0.05, 0.1) is 13.4 Å². The molecule has 1 amide bonds. The standard InChI is InChI=1S/C20H21N3O5/c1-14-6-3-4-7-15(14)12-23(13-19(25)26-2)18(24)10-9-17-21-20(22-28-17)16-8-5-11-27-16/h3-8,11H,9-10,12-13H2,1-2H3. The van der Waals surface area contributed by atoms with Gasteiger partial charge in [-0.3, -0.25) is 9.59 Å². The first kappa shape index (κ1) is 19.3. The van der Waals surface area contributed by atoms with Crippen molar-refractivity contribution in [3.63, 3.8) is 0 Å². The molecule has 0 unspecified atom stereocenters. The van der Waals surface area contributed by atoms with Crippen molar-refractivity contribution in [2.75, 3.05) is 13.7 Å². The van der Waals surface area contributed by atoms with Gasteiger partial charge in [0.2, 0.25) is 17.6 Å². The average molecular weight is 383 g/mol. The first-order chi connectivity index (χ1) is 13.6. The quantitative estimate of drug-likeness (QED) is 0.552. The van der Waals surface area contributed by atoms with E-state index in [0.29, 0.717) is 24.0 Å². The lowest BCUT2D eigenvalue weighted by atomic mass is 10.1. The van der Waals surface area contributed by atoms with Crippen LogP contribution in [0.25, 0.3) is 11.6 Å². The number of hydrogen-bond acceptors (Lipinski definition) is 7. The number of aryl methyl sites for hydroxylation is 2. The van der Waals surface area contributed by atoms with Crippen molar-refractivity contribution in [1.82, 2.24) is 15.0 Å². The number of nitrogens with zero attached hydrogens (tertiary/aromatic N) is 3. The van der Waals surface area contributed by atoms with E-state index in [0.717, 1.165) is 11.1 Å². The lowest BCUT2D eigenvalue weighted by molar-refractivity contribution is -0.147. The highest BCUT2D eigenvalue weighted by molar-refractivity contribution is 5.82. The van der Waals surface area contributed by atoms with Crippen molar-refractivity contribution in [2.24, 2.45) is 0 Å². The zero-order valence-corrected chi connectivity index (χ0v) is 15.8. The summed E-state index contributed by atoms with van der Waals surface area (Å²) in [5.41, 5.74) is 2.02. The van der Waals surface area contributed by atoms with Crippen molar-refractivity contribution in [3.8, 4) is 11.6 Å². The molecule has 1 aromatic carbocycles. The molecule has 3 rings (SSSR count). The Morgan fingerprint density at radius 2 is 2.00 bits per heavy atom. The topological polar surface area (TPSA) is 98.7 Å². The monoisotopic (exact) mass is 383 g/mol. The first-order valence-corrected chi connectivity index (χ1v) is 8.82. The van der Waals surface area contributed by atoms with Gasteiger partial charge in [0, 0.05) is 19.4 Å². The second-order valence-electron chi connectivity index (χ2n) is 6.24. The molecule has 2 heterocycles. The molecule has 3 aromatic rings. The fourth-order valence-corrected chi connectivity index (χ4v) is 2.68. The van der Waals surface area contributed by atoms with Gasteiger partial charge in [0.25, 0.3) is 0 Å². The predicted molar refractivity (Wildman–Crippen MR) is 98.9 cm³/mol. The van der Waals surface area contributed by atoms with E-state index in [1.807, 2.05) is 31.2 Å². The fraction of sp³-hybridized carbons (Fsp3) is 0.300. The van der Waals surface area contributed by atoms with E-state index in [9.17, 15) is 9.59 Å². The minimum atomic E-state index is -0.472. The van der Waals surface area contributed by atoms with Crippen LogP contribution in [0, 0.1) is 6.92 Å². The number of hydrogen-bond donors (Lipinski definition) is 0. The molecule has 146 valence electrons. The third-order valence-corrected chi connectivity index (χ3v) is 4.29. The van der Waals surface area contributed by atoms with E-state index >= 15 is 0 Å². The molecule has 0 saturated carbocycles. The molecular weight excluding hydrogens is 362 g/mol. The van der Waals surface area contributed by atoms with Gasteiger partial charge < -0.3 is 18.6 Å². The number of ether oxygens (including phenoxy) is 1. The number of methoxy groups -OCH3 is 1. The highest BCUT2D eigenvalue weighted by Crippen LogP contribution is 2.17. The maximum absolute atomic E-state index is 12.7. The van der Waals surface area contributed by atoms with Gasteiger partial charge in [-0.25, -0.2) is 0 Å². The van der Waals surface area contributed by atoms with Crippen LogP contribution in [0.15, 0.2) is 51.6 Å². The summed E-state index contributed by atoms with van der Waals surface area (Å²) in [4.78, 5) is 30.2. The van der Waals surface area contributed by atoms with Crippen molar-refractivity contribution < 1.29 is 23.3 Å². The molecule has 0 saturated heterocycles. The van der Waals surface area contributed by atoms with Crippen LogP contribution in [0.2, 0.25) is 0 Å². The molecule has 0 aliphatic rings. The van der Waals surface area contributed by atoms with Crippen LogP contribution >= 0.6 is 0 Å². The van der Waals surface area contributed by atoms with Crippen molar-refractivity contribution in [2.45, 2.75) is 26.3 Å². The second-order valence-corrected chi connectivity index (χ2v) is 6.24. The van der Waals surface area contributed by atoms with Crippen molar-refractivity contribution in [1.29, 1.82) is 0 Å². The van der Waals surface area contributed by atoms with E-state index in [1.54, 1.807) is 12.1 Å². The number of amides is 1. The second kappa shape index (κ2) is 8.98. The number of benzene rings is 1. The Hall–Kier alpha value is -3.42. The van der Waals surface area contributed by atoms with Crippen LogP contribution in [-0.2, 0) is 27.3 Å². The Balaban J connectivity index is 1.65. The van der Waals surface area contributed by atoms with Gasteiger partial charge in [-0.2, -0.15) is 4.98 Å². The summed E-state index contributed by atoms with van der Waals surface area (Å²) in [6, 6.07) is 11.2. The molecule has 2 aromatic heterocycles. The molecule has 0 fully saturated rings. The summed E-state index contributed by atoms with van der Waals surface area (Å²) in [5, 5.41) is 3.84. The Kier molecular flexibility index (Phi) is 6.21. The summed E-state index contributed by atoms with van der Waals surface area (Å²) in [5.74, 6) is 0.479. The van der Waals surface area contributed by atoms with E-state index in [1.165, 1.54) is 18.3 Å². The summed E-state index contributed by atoms with van der Waals surface area (Å²) in [6.45, 7) is 2.16. The fourth-order valence-electron chi connectivity index (χ4n) is 2.68. The van der Waals surface area contributed by atoms with Crippen LogP contribution in [-0.4, -0.2) is 40.6 Å². The molecule has 28 heavy (non-hydrogen) atoms. The van der Waals surface area contributed by atoms with Gasteiger partial charge in [0.1, 0.15) is 6.54 Å². The van der Waals surface area contributed by atoms with E-state index in [-0.39, 0.29) is 25.3 Å². The molecule has 0 bridgehead atoms. The maximum Gasteiger partial charge on any atom is 0.325 e. The highest BCUT2D eigenvalue weighted by Gasteiger charge is 2.20. The average Bonchev–Trinajstić information content (AvgIpc) is 3.38. The normalized spacial score (nSPS) is 10.6. The largest absolute Gasteiger partial charge is 0.468 e. The van der Waals surface area contributed by atoms with Crippen molar-refractivity contribution >= 4 is 11.9 Å². The van der Waals surface area contributed by atoms with Crippen molar-refractivity contribution in [3.05, 3.63) is 59.7 Å². The molecule has 8 nitrogen and oxygen atoms in total. The van der Waals surface area contributed by atoms with Gasteiger partial charge in [0.15, 0.2) is 5.76 Å². The van der Waals surface area contributed by atoms with Crippen LogP contribution in [0.4, 0.5) is 0 Å². The van der Waals surface area contributed by atoms with Gasteiger partial charge >= 0.3 is 5.97 Å². The zero-order valence-electron chi connectivity index (χ0n) is 15.8. The summed E-state index contributed by atoms with van der Waals surface area (Å²) < 4.78 is 15.1. The summed E-state index contributed by atoms with van der Waals surface area (Å²) in [6.07, 6.45) is 1.91. The number of carbonyl (C=O) groups is 2. The number of furan rings is 1. The van der Waals surface area contributed by atoms with E-state index in [4.69, 9.17) is 13.7 Å². The smallest absolute Gasteiger partial charge is 0.325 e. The number of rotatable bonds is 8. The lowest BCUT2D eigenvalue weighted by Gasteiger charge is -2.22. The molecule has 0 aliphatic carbocycles. The molecule has 0 N–H and O–H groups in total. The molecule has 0 spiro atoms. The number of esters is 1. The number of aromatic nitrogens is 2. The van der Waals surface area contributed by atoms with E-state index in [2.05, 4.69) is 10.1 Å². The Morgan fingerprint density at radius 1 is 1.18 bits per heavy atom. The third kappa shape index (κ3) is 4.85. The van der Waals surface area contributed by atoms with Gasteiger partial charge in [-0.15, -0.1) is 0 Å². The maximum atomic E-state index is 12.7. The SMILES string of the molecule is COC(=O)CN(Cc1ccccc1C)C(=O)CCc1nc(-c2ccco2)no1. The van der Waals surface area contributed by atoms with E-state index < -0.39 is 5.97 Å². The van der Waals surface area contributed by atoms with Crippen LogP contribution in [0.1, 0.15) is 23.4 Å². The minimum Gasteiger partial charge on any atom is -0.468 e. The Morgan fingerprint density at radius 3 is 2.71 bits per heavy atom. The van der Waals surface area contributed by atoms with Crippen LogP contribution in [0.3, 0.4) is 0 Å². The lowest BCUT2D eigenvalue weighted by Crippen LogP contribution is -2.36.